The normalized spacial score (nSPS) is 18.1. The molecule has 0 saturated carbocycles. The predicted molar refractivity (Wildman–Crippen MR) is 82.0 cm³/mol. The molecule has 1 aliphatic rings. The molecule has 6 heteroatoms. The fourth-order valence-electron chi connectivity index (χ4n) is 2.05. The molecule has 6 nitrogen and oxygen atoms in total. The fourth-order valence-corrected chi connectivity index (χ4v) is 2.05. The van der Waals surface area contributed by atoms with Crippen LogP contribution in [0.2, 0.25) is 0 Å². The highest BCUT2D eigenvalue weighted by atomic mass is 16.5. The first-order chi connectivity index (χ1) is 9.87. The van der Waals surface area contributed by atoms with E-state index in [9.17, 15) is 4.79 Å². The smallest absolute Gasteiger partial charge is 0.213 e. The lowest BCUT2D eigenvalue weighted by Crippen LogP contribution is -2.28. The number of carbonyl (C=O) groups is 1. The van der Waals surface area contributed by atoms with E-state index in [2.05, 4.69) is 4.99 Å². The summed E-state index contributed by atoms with van der Waals surface area (Å²) in [4.78, 5) is 17.1. The van der Waals surface area contributed by atoms with Gasteiger partial charge in [-0.3, -0.25) is 4.79 Å². The van der Waals surface area contributed by atoms with Crippen molar-refractivity contribution in [3.63, 3.8) is 0 Å². The molecular formula is C15H19N3O3. The summed E-state index contributed by atoms with van der Waals surface area (Å²) in [5.74, 6) is 0.984. The number of aliphatic imine (C=N–C) groups is 1. The van der Waals surface area contributed by atoms with Gasteiger partial charge in [-0.1, -0.05) is 0 Å². The molecule has 0 atom stereocenters. The molecule has 0 aliphatic carbocycles. The molecule has 0 bridgehead atoms. The van der Waals surface area contributed by atoms with Crippen molar-refractivity contribution in [1.29, 1.82) is 0 Å². The van der Waals surface area contributed by atoms with Crippen LogP contribution in [-0.4, -0.2) is 31.9 Å². The van der Waals surface area contributed by atoms with Gasteiger partial charge in [0, 0.05) is 19.2 Å². The number of benzene rings is 1. The van der Waals surface area contributed by atoms with Gasteiger partial charge in [0.2, 0.25) is 6.41 Å². The molecule has 0 aromatic heterocycles. The zero-order valence-electron chi connectivity index (χ0n) is 12.6. The first-order valence-corrected chi connectivity index (χ1v) is 6.49. The second kappa shape index (κ2) is 5.47. The number of anilines is 1. The summed E-state index contributed by atoms with van der Waals surface area (Å²) in [6, 6.07) is 5.33. The minimum Gasteiger partial charge on any atom is -0.497 e. The molecule has 112 valence electrons. The lowest BCUT2D eigenvalue weighted by atomic mass is 10.0. The first-order valence-electron chi connectivity index (χ1n) is 6.49. The highest BCUT2D eigenvalue weighted by Gasteiger charge is 2.32. The number of nitrogens with two attached hydrogens (primary N) is 1. The van der Waals surface area contributed by atoms with Crippen LogP contribution in [0.1, 0.15) is 13.8 Å². The van der Waals surface area contributed by atoms with Crippen molar-refractivity contribution in [2.24, 2.45) is 10.7 Å². The average Bonchev–Trinajstić information content (AvgIpc) is 2.70. The third-order valence-electron chi connectivity index (χ3n) is 3.23. The van der Waals surface area contributed by atoms with E-state index >= 15 is 0 Å². The van der Waals surface area contributed by atoms with Crippen LogP contribution >= 0.6 is 0 Å². The molecule has 0 radical (unpaired) electrons. The number of methoxy groups -OCH3 is 1. The van der Waals surface area contributed by atoms with Crippen LogP contribution in [-0.2, 0) is 9.53 Å². The third-order valence-corrected chi connectivity index (χ3v) is 3.23. The number of carbonyl (C=O) groups excluding carboxylic acids is 1. The van der Waals surface area contributed by atoms with Crippen LogP contribution in [0, 0.1) is 0 Å². The van der Waals surface area contributed by atoms with E-state index < -0.39 is 5.60 Å². The molecule has 1 aromatic rings. The molecule has 1 heterocycles. The highest BCUT2D eigenvalue weighted by Crippen LogP contribution is 2.34. The van der Waals surface area contributed by atoms with Gasteiger partial charge >= 0.3 is 0 Å². The molecule has 21 heavy (non-hydrogen) atoms. The van der Waals surface area contributed by atoms with Crippen LogP contribution in [0.25, 0.3) is 0 Å². The van der Waals surface area contributed by atoms with Crippen LogP contribution in [0.5, 0.6) is 5.75 Å². The molecule has 1 aromatic carbocycles. The number of hydrogen-bond acceptors (Lipinski definition) is 5. The standard InChI is InChI=1S/C15H19N3O3/c1-15(2)13(8-14(16)21-15)17-11-6-5-10(20-4)7-12(11)18(3)9-19/h5-9H,16H2,1-4H3. The Morgan fingerprint density at radius 2 is 2.14 bits per heavy atom. The number of nitrogens with zero attached hydrogens (tertiary/aromatic N) is 2. The monoisotopic (exact) mass is 289 g/mol. The number of rotatable bonds is 4. The van der Waals surface area contributed by atoms with Gasteiger partial charge in [0.15, 0.2) is 5.88 Å². The van der Waals surface area contributed by atoms with Crippen molar-refractivity contribution in [2.75, 3.05) is 19.1 Å². The lowest BCUT2D eigenvalue weighted by molar-refractivity contribution is -0.107. The first kappa shape index (κ1) is 14.9. The Bertz CT molecular complexity index is 621. The van der Waals surface area contributed by atoms with Crippen LogP contribution in [0.3, 0.4) is 0 Å². The van der Waals surface area contributed by atoms with Gasteiger partial charge in [-0.05, 0) is 26.0 Å². The number of ether oxygens (including phenoxy) is 2. The van der Waals surface area contributed by atoms with Gasteiger partial charge in [0.05, 0.1) is 24.2 Å². The SMILES string of the molecule is COc1ccc(N=C2C=C(N)OC2(C)C)c(N(C)C=O)c1. The van der Waals surface area contributed by atoms with E-state index in [1.54, 1.807) is 38.4 Å². The molecular weight excluding hydrogens is 270 g/mol. The lowest BCUT2D eigenvalue weighted by Gasteiger charge is -2.20. The maximum Gasteiger partial charge on any atom is 0.213 e. The second-order valence-electron chi connectivity index (χ2n) is 5.23. The predicted octanol–water partition coefficient (Wildman–Crippen LogP) is 1.97. The second-order valence-corrected chi connectivity index (χ2v) is 5.23. The van der Waals surface area contributed by atoms with Crippen molar-refractivity contribution in [3.8, 4) is 5.75 Å². The van der Waals surface area contributed by atoms with Gasteiger partial charge in [-0.25, -0.2) is 4.99 Å². The molecule has 0 spiro atoms. The average molecular weight is 289 g/mol. The Balaban J connectivity index is 2.51. The van der Waals surface area contributed by atoms with Gasteiger partial charge in [-0.2, -0.15) is 0 Å². The zero-order valence-corrected chi connectivity index (χ0v) is 12.6. The molecule has 0 unspecified atom stereocenters. The summed E-state index contributed by atoms with van der Waals surface area (Å²) in [6.45, 7) is 3.77. The molecule has 1 amide bonds. The minimum absolute atomic E-state index is 0.331. The van der Waals surface area contributed by atoms with E-state index in [1.165, 1.54) is 4.90 Å². The van der Waals surface area contributed by atoms with Crippen LogP contribution in [0.15, 0.2) is 35.2 Å². The van der Waals surface area contributed by atoms with Gasteiger partial charge in [0.25, 0.3) is 0 Å². The summed E-state index contributed by atoms with van der Waals surface area (Å²) < 4.78 is 10.7. The van der Waals surface area contributed by atoms with E-state index in [0.29, 0.717) is 28.7 Å². The van der Waals surface area contributed by atoms with Crippen molar-refractivity contribution in [1.82, 2.24) is 0 Å². The zero-order chi connectivity index (χ0) is 15.6. The summed E-state index contributed by atoms with van der Waals surface area (Å²) in [5, 5.41) is 0. The summed E-state index contributed by atoms with van der Waals surface area (Å²) in [5.41, 5.74) is 7.09. The maximum absolute atomic E-state index is 11.1. The van der Waals surface area contributed by atoms with Crippen molar-refractivity contribution < 1.29 is 14.3 Å². The Labute approximate surface area is 123 Å². The fraction of sp³-hybridized carbons (Fsp3) is 0.333. The van der Waals surface area contributed by atoms with E-state index in [0.717, 1.165) is 6.41 Å². The third kappa shape index (κ3) is 2.99. The van der Waals surface area contributed by atoms with Crippen molar-refractivity contribution in [3.05, 3.63) is 30.2 Å². The van der Waals surface area contributed by atoms with E-state index in [-0.39, 0.29) is 0 Å². The highest BCUT2D eigenvalue weighted by molar-refractivity contribution is 6.05. The van der Waals surface area contributed by atoms with Crippen LogP contribution in [0.4, 0.5) is 11.4 Å². The minimum atomic E-state index is -0.596. The van der Waals surface area contributed by atoms with E-state index in [1.807, 2.05) is 13.8 Å². The molecule has 1 aliphatic heterocycles. The summed E-state index contributed by atoms with van der Waals surface area (Å²) in [7, 11) is 3.23. The van der Waals surface area contributed by atoms with Gasteiger partial charge < -0.3 is 20.1 Å². The quantitative estimate of drug-likeness (QED) is 0.860. The molecule has 2 N–H and O–H groups in total. The summed E-state index contributed by atoms with van der Waals surface area (Å²) in [6.07, 6.45) is 2.41. The molecule has 0 fully saturated rings. The van der Waals surface area contributed by atoms with Crippen molar-refractivity contribution in [2.45, 2.75) is 19.4 Å². The van der Waals surface area contributed by atoms with E-state index in [4.69, 9.17) is 15.2 Å². The Hall–Kier alpha value is -2.50. The topological polar surface area (TPSA) is 77.2 Å². The largest absolute Gasteiger partial charge is 0.497 e. The number of amides is 1. The number of hydrogen-bond donors (Lipinski definition) is 1. The Morgan fingerprint density at radius 1 is 1.43 bits per heavy atom. The van der Waals surface area contributed by atoms with Crippen LogP contribution < -0.4 is 15.4 Å². The van der Waals surface area contributed by atoms with Gasteiger partial charge in [-0.15, -0.1) is 0 Å². The Morgan fingerprint density at radius 3 is 2.67 bits per heavy atom. The summed E-state index contributed by atoms with van der Waals surface area (Å²) >= 11 is 0. The van der Waals surface area contributed by atoms with Crippen molar-refractivity contribution >= 4 is 23.5 Å². The maximum atomic E-state index is 11.1. The Kier molecular flexibility index (Phi) is 3.88. The molecule has 0 saturated heterocycles. The van der Waals surface area contributed by atoms with Gasteiger partial charge in [0.1, 0.15) is 11.4 Å². The molecule has 2 rings (SSSR count).